The molecule has 14 amide bonds. The minimum Gasteiger partial charge on any atom is -0.481 e. The standard InChI is InChI=1S/C76H112N14O20S2/c1-14-40(5)33-50-66(98)80-49(17-4)74(106)89(12)62(46(11)109-13)73(105)85-54(37-91)76(108)110-45(10)61-72(104)84-53(36-48-27-22-19-23-28-48)75(107)90-32-24-29-57(90)70(102)86-56(69(101)87-60(42(7)16-3)71(103)78-44(9)64(96)81-50)39-112-111-38-55(79-58(92)30-31-59(93)94)68(100)83-52(35-47-25-20-18-21-26-47)65(97)77-43(8)63(95)82-51(67(99)88-61)34-41(6)15-2/h18-23,25-28,40-43,45-46,49-57,60-62,91H,9,14-17,24,29-39H2,1-8,10-13H3,(H,77,97)(H,78,103)(H,79,92)(H,80,98)(H,81,96)(H,82,95)(H,83,100)(H,84,104)(H,85,105)(H,86,102)(H,87,101)(H,88,99)(H,93,94)/t40-,41+,42+,43-,45?,46-,49-,50+,51+,52-,53-,54+,55+,56+,57+,60+,61-,62+/m1/s1. The Bertz CT molecular complexity index is 3660. The molecule has 0 spiro atoms. The van der Waals surface area contributed by atoms with E-state index in [1.54, 1.807) is 102 Å². The van der Waals surface area contributed by atoms with Crippen LogP contribution in [0.1, 0.15) is 145 Å². The Morgan fingerprint density at radius 3 is 1.71 bits per heavy atom. The summed E-state index contributed by atoms with van der Waals surface area (Å²) in [7, 11) is 4.23. The van der Waals surface area contributed by atoms with E-state index in [-0.39, 0.29) is 75.5 Å². The average molecular weight is 1610 g/mol. The van der Waals surface area contributed by atoms with Crippen LogP contribution >= 0.6 is 21.6 Å². The maximum Gasteiger partial charge on any atom is 0.331 e. The van der Waals surface area contributed by atoms with Gasteiger partial charge in [0, 0.05) is 51.5 Å². The van der Waals surface area contributed by atoms with E-state index < -0.39 is 222 Å². The molecular weight excluding hydrogens is 1490 g/mol. The minimum atomic E-state index is -2.04. The molecule has 2 bridgehead atoms. The van der Waals surface area contributed by atoms with E-state index in [0.717, 1.165) is 26.5 Å². The normalized spacial score (nSPS) is 27.5. The number of methoxy groups -OCH3 is 1. The smallest absolute Gasteiger partial charge is 0.331 e. The molecule has 3 aliphatic heterocycles. The van der Waals surface area contributed by atoms with Gasteiger partial charge >= 0.3 is 11.9 Å². The Morgan fingerprint density at radius 1 is 0.598 bits per heavy atom. The van der Waals surface area contributed by atoms with Gasteiger partial charge in [0.05, 0.1) is 24.8 Å². The monoisotopic (exact) mass is 1600 g/mol. The number of rotatable bonds is 20. The van der Waals surface area contributed by atoms with Gasteiger partial charge in [0.1, 0.15) is 78.6 Å². The van der Waals surface area contributed by atoms with Crippen LogP contribution in [0.3, 0.4) is 0 Å². The number of carboxylic acid groups (broad SMARTS) is 1. The summed E-state index contributed by atoms with van der Waals surface area (Å²) in [6.45, 7) is 18.5. The Morgan fingerprint density at radius 2 is 1.14 bits per heavy atom. The lowest BCUT2D eigenvalue weighted by atomic mass is 9.97. The predicted molar refractivity (Wildman–Crippen MR) is 415 cm³/mol. The van der Waals surface area contributed by atoms with Gasteiger partial charge < -0.3 is 93.3 Å². The van der Waals surface area contributed by atoms with Crippen molar-refractivity contribution in [1.29, 1.82) is 0 Å². The lowest BCUT2D eigenvalue weighted by Gasteiger charge is -2.35. The fraction of sp³-hybridized carbons (Fsp3) is 0.605. The maximum atomic E-state index is 15.5. The number of nitrogens with zero attached hydrogens (tertiary/aromatic N) is 2. The number of carboxylic acids is 1. The summed E-state index contributed by atoms with van der Waals surface area (Å²) >= 11 is 0. The topological polar surface area (TPSA) is 483 Å². The number of benzene rings is 2. The van der Waals surface area contributed by atoms with E-state index in [0.29, 0.717) is 24.0 Å². The molecule has 18 atom stereocenters. The quantitative estimate of drug-likeness (QED) is 0.0465. The number of hydrogen-bond acceptors (Lipinski definition) is 21. The molecule has 3 fully saturated rings. The first kappa shape index (κ1) is 92.9. The van der Waals surface area contributed by atoms with Crippen LogP contribution in [0.2, 0.25) is 0 Å². The number of cyclic esters (lactones) is 1. The molecule has 3 saturated heterocycles. The second-order valence-corrected chi connectivity index (χ2v) is 31.2. The number of fused-ring (bicyclic) bond motifs is 6. The van der Waals surface area contributed by atoms with Crippen LogP contribution < -0.4 is 63.8 Å². The van der Waals surface area contributed by atoms with Crippen LogP contribution in [0.5, 0.6) is 0 Å². The van der Waals surface area contributed by atoms with E-state index in [2.05, 4.69) is 70.4 Å². The van der Waals surface area contributed by atoms with Gasteiger partial charge in [-0.05, 0) is 81.8 Å². The third kappa shape index (κ3) is 27.9. The number of esters is 1. The van der Waals surface area contributed by atoms with Gasteiger partial charge in [-0.15, -0.1) is 0 Å². The van der Waals surface area contributed by atoms with E-state index in [1.807, 2.05) is 6.92 Å². The predicted octanol–water partition coefficient (Wildman–Crippen LogP) is -0.167. The molecule has 36 heteroatoms. The number of aliphatic carboxylic acids is 1. The second-order valence-electron chi connectivity index (χ2n) is 28.7. The molecule has 14 N–H and O–H groups in total. The van der Waals surface area contributed by atoms with Crippen LogP contribution in [-0.2, 0) is 99.0 Å². The van der Waals surface area contributed by atoms with Crippen molar-refractivity contribution < 1.29 is 96.4 Å². The van der Waals surface area contributed by atoms with Crippen molar-refractivity contribution >= 4 is 116 Å². The lowest BCUT2D eigenvalue weighted by Crippen LogP contribution is -2.63. The number of aliphatic hydroxyl groups excluding tert-OH is 1. The molecule has 3 heterocycles. The van der Waals surface area contributed by atoms with Gasteiger partial charge in [-0.1, -0.05) is 157 Å². The maximum absolute atomic E-state index is 15.5. The van der Waals surface area contributed by atoms with E-state index in [9.17, 15) is 63.0 Å². The first-order valence-electron chi connectivity index (χ1n) is 37.9. The number of hydrogen-bond donors (Lipinski definition) is 14. The molecule has 5 rings (SSSR count). The molecular formula is C76H112N14O20S2. The minimum absolute atomic E-state index is 0.00784. The zero-order valence-corrected chi connectivity index (χ0v) is 67.3. The number of carbonyl (C=O) groups excluding carboxylic acids is 15. The molecule has 618 valence electrons. The third-order valence-electron chi connectivity index (χ3n) is 20.1. The van der Waals surface area contributed by atoms with Crippen molar-refractivity contribution in [1.82, 2.24) is 73.6 Å². The first-order chi connectivity index (χ1) is 53.1. The summed E-state index contributed by atoms with van der Waals surface area (Å²) in [6.07, 6.45) is -3.60. The summed E-state index contributed by atoms with van der Waals surface area (Å²) in [6, 6.07) is -4.09. The summed E-state index contributed by atoms with van der Waals surface area (Å²) < 4.78 is 11.5. The zero-order valence-electron chi connectivity index (χ0n) is 65.6. The zero-order chi connectivity index (χ0) is 83.2. The van der Waals surface area contributed by atoms with Crippen molar-refractivity contribution in [2.24, 2.45) is 17.8 Å². The third-order valence-corrected chi connectivity index (χ3v) is 22.5. The van der Waals surface area contributed by atoms with Gasteiger partial charge in [-0.25, -0.2) is 4.79 Å². The van der Waals surface area contributed by atoms with Crippen LogP contribution in [0.4, 0.5) is 0 Å². The molecule has 0 saturated carbocycles. The van der Waals surface area contributed by atoms with E-state index in [4.69, 9.17) is 9.47 Å². The number of aliphatic hydroxyl groups is 1. The summed E-state index contributed by atoms with van der Waals surface area (Å²) in [5.41, 5.74) is 0.409. The Kier molecular flexibility index (Phi) is 37.9. The van der Waals surface area contributed by atoms with Crippen molar-refractivity contribution in [3.05, 3.63) is 84.1 Å². The Balaban J connectivity index is 1.80. The lowest BCUT2D eigenvalue weighted by molar-refractivity contribution is -0.158. The molecule has 0 aliphatic carbocycles. The summed E-state index contributed by atoms with van der Waals surface area (Å²) in [5, 5.41) is 51.7. The SMILES string of the molecule is C=C1NC(=O)[C@H]([C@@H](C)CC)NC(=O)[C@@H]2CSSC[C@H](NC(=O)CCC(=O)O)C(=O)N[C@H](Cc3ccccc3)C(=O)N[C@H](C)C(=O)N[C@@H](C[C@@H](C)CC)C(=O)N[C@@H](C(=O)N[C@H](Cc3ccccc3)C(=O)N3CCC[C@H]3C(=O)N2)C(C)OC(=O)[C@H](CO)NC(=O)[C@H]([C@@H](C)OC)N(C)C(=O)[C@@H](CC)NC(=O)[C@H](C[C@H](C)CC)NC1=O. The molecule has 2 aromatic carbocycles. The molecule has 0 radical (unpaired) electrons. The van der Waals surface area contributed by atoms with E-state index in [1.165, 1.54) is 39.8 Å². The van der Waals surface area contributed by atoms with Gasteiger partial charge in [-0.2, -0.15) is 0 Å². The van der Waals surface area contributed by atoms with Gasteiger partial charge in [0.25, 0.3) is 5.91 Å². The highest BCUT2D eigenvalue weighted by Gasteiger charge is 2.45. The van der Waals surface area contributed by atoms with Gasteiger partial charge in [0.2, 0.25) is 76.8 Å². The Hall–Kier alpha value is -9.68. The number of carbonyl (C=O) groups is 16. The highest BCUT2D eigenvalue weighted by molar-refractivity contribution is 8.76. The highest BCUT2D eigenvalue weighted by atomic mass is 33.1. The summed E-state index contributed by atoms with van der Waals surface area (Å²) in [4.78, 5) is 235. The van der Waals surface area contributed by atoms with Crippen LogP contribution in [0.15, 0.2) is 72.9 Å². The number of nitrogens with one attached hydrogen (secondary N) is 12. The fourth-order valence-corrected chi connectivity index (χ4v) is 14.8. The molecule has 3 aliphatic rings. The van der Waals surface area contributed by atoms with Gasteiger partial charge in [0.15, 0.2) is 6.04 Å². The van der Waals surface area contributed by atoms with Crippen LogP contribution in [0, 0.1) is 17.8 Å². The molecule has 112 heavy (non-hydrogen) atoms. The van der Waals surface area contributed by atoms with Crippen LogP contribution in [0.25, 0.3) is 0 Å². The number of amides is 14. The van der Waals surface area contributed by atoms with E-state index >= 15 is 24.0 Å². The van der Waals surface area contributed by atoms with Crippen molar-refractivity contribution in [3.63, 3.8) is 0 Å². The molecule has 34 nitrogen and oxygen atoms in total. The summed E-state index contributed by atoms with van der Waals surface area (Å²) in [5.74, 6) is -18.4. The van der Waals surface area contributed by atoms with Crippen molar-refractivity contribution in [2.45, 2.75) is 237 Å². The number of likely N-dealkylation sites (N-methyl/N-ethyl adjacent to an activating group) is 1. The molecule has 1 unspecified atom stereocenters. The number of ether oxygens (including phenoxy) is 2. The fourth-order valence-electron chi connectivity index (χ4n) is 12.5. The largest absolute Gasteiger partial charge is 0.481 e. The first-order valence-corrected chi connectivity index (χ1v) is 40.4. The second kappa shape index (κ2) is 45.7. The average Bonchev–Trinajstić information content (AvgIpc) is 1.43. The van der Waals surface area contributed by atoms with Crippen molar-refractivity contribution in [3.8, 4) is 0 Å². The molecule has 0 aromatic heterocycles. The van der Waals surface area contributed by atoms with Gasteiger partial charge in [-0.3, -0.25) is 71.9 Å². The van der Waals surface area contributed by atoms with Crippen LogP contribution in [-0.4, -0.2) is 244 Å². The highest BCUT2D eigenvalue weighted by Crippen LogP contribution is 2.27. The van der Waals surface area contributed by atoms with Crippen molar-refractivity contribution in [2.75, 3.05) is 38.8 Å². The Labute approximate surface area is 660 Å². The molecule has 2 aromatic rings.